The highest BCUT2D eigenvalue weighted by molar-refractivity contribution is 5.97. The molecule has 3 aromatic carbocycles. The van der Waals surface area contributed by atoms with Crippen molar-refractivity contribution in [3.8, 4) is 0 Å². The fraction of sp³-hybridized carbons (Fsp3) is 0.136. The molecule has 4 aromatic rings. The van der Waals surface area contributed by atoms with E-state index in [1.807, 2.05) is 60.7 Å². The maximum Gasteiger partial charge on any atom is 0.312 e. The number of hydrogen-bond donors (Lipinski definition) is 1. The third-order valence-corrected chi connectivity index (χ3v) is 4.46. The zero-order chi connectivity index (χ0) is 19.5. The zero-order valence-electron chi connectivity index (χ0n) is 15.2. The Hall–Kier alpha value is -3.67. The third kappa shape index (κ3) is 3.71. The van der Waals surface area contributed by atoms with Crippen LogP contribution in [0.15, 0.2) is 71.3 Å². The lowest BCUT2D eigenvalue weighted by Crippen LogP contribution is -2.30. The molecule has 140 valence electrons. The molecule has 0 spiro atoms. The summed E-state index contributed by atoms with van der Waals surface area (Å²) in [4.78, 5) is 24.6. The average Bonchev–Trinajstić information content (AvgIpc) is 3.10. The normalized spacial score (nSPS) is 12.0. The number of nitrogens with one attached hydrogen (secondary N) is 1. The highest BCUT2D eigenvalue weighted by atomic mass is 16.5. The van der Waals surface area contributed by atoms with Crippen LogP contribution in [0.3, 0.4) is 0 Å². The zero-order valence-corrected chi connectivity index (χ0v) is 15.2. The fourth-order valence-electron chi connectivity index (χ4n) is 3.01. The number of para-hydroxylation sites is 1. The summed E-state index contributed by atoms with van der Waals surface area (Å²) in [5, 5.41) is 9.54. The predicted molar refractivity (Wildman–Crippen MR) is 106 cm³/mol. The van der Waals surface area contributed by atoms with Crippen LogP contribution in [0.5, 0.6) is 0 Å². The molecule has 28 heavy (non-hydrogen) atoms. The first-order valence-electron chi connectivity index (χ1n) is 8.92. The number of ether oxygens (including phenoxy) is 1. The molecular weight excluding hydrogens is 356 g/mol. The van der Waals surface area contributed by atoms with Gasteiger partial charge in [0.1, 0.15) is 5.69 Å². The Morgan fingerprint density at radius 2 is 1.79 bits per heavy atom. The second kappa shape index (κ2) is 7.52. The van der Waals surface area contributed by atoms with Crippen LogP contribution in [-0.2, 0) is 20.7 Å². The van der Waals surface area contributed by atoms with Gasteiger partial charge in [0.2, 0.25) is 0 Å². The van der Waals surface area contributed by atoms with Crippen molar-refractivity contribution in [2.24, 2.45) is 0 Å². The number of carbonyl (C=O) groups is 2. The van der Waals surface area contributed by atoms with Crippen LogP contribution in [0.4, 0.5) is 5.69 Å². The smallest absolute Gasteiger partial charge is 0.312 e. The minimum Gasteiger partial charge on any atom is -0.452 e. The monoisotopic (exact) mass is 374 g/mol. The Balaban J connectivity index is 1.38. The summed E-state index contributed by atoms with van der Waals surface area (Å²) in [6, 6.07) is 20.8. The van der Waals surface area contributed by atoms with Crippen LogP contribution in [0, 0.1) is 0 Å². The number of benzene rings is 3. The third-order valence-electron chi connectivity index (χ3n) is 4.46. The molecule has 0 aliphatic rings. The van der Waals surface area contributed by atoms with Crippen molar-refractivity contribution in [2.45, 2.75) is 19.4 Å². The first kappa shape index (κ1) is 17.7. The molecule has 6 nitrogen and oxygen atoms in total. The van der Waals surface area contributed by atoms with E-state index in [1.165, 1.54) is 6.92 Å². The maximum atomic E-state index is 12.4. The standard InChI is InChI=1S/C22H18N2O4/c1-14(22(26)23-17-11-10-15-6-2-3-7-16(15)12-17)27-21(25)13-19-18-8-4-5-9-20(18)28-24-19/h2-12,14H,13H2,1H3,(H,23,26)/t14-/m1/s1. The summed E-state index contributed by atoms with van der Waals surface area (Å²) in [6.45, 7) is 1.54. The van der Waals surface area contributed by atoms with Gasteiger partial charge in [-0.1, -0.05) is 47.6 Å². The molecule has 0 aliphatic heterocycles. The van der Waals surface area contributed by atoms with Gasteiger partial charge in [0, 0.05) is 11.1 Å². The lowest BCUT2D eigenvalue weighted by atomic mass is 10.1. The maximum absolute atomic E-state index is 12.4. The Morgan fingerprint density at radius 3 is 2.64 bits per heavy atom. The van der Waals surface area contributed by atoms with E-state index < -0.39 is 18.0 Å². The molecule has 0 unspecified atom stereocenters. The Labute approximate surface area is 161 Å². The largest absolute Gasteiger partial charge is 0.452 e. The van der Waals surface area contributed by atoms with Crippen molar-refractivity contribution in [3.05, 3.63) is 72.4 Å². The van der Waals surface area contributed by atoms with Crippen LogP contribution < -0.4 is 5.32 Å². The van der Waals surface area contributed by atoms with Crippen LogP contribution in [-0.4, -0.2) is 23.1 Å². The molecule has 0 bridgehead atoms. The summed E-state index contributed by atoms with van der Waals surface area (Å²) in [6.07, 6.45) is -0.998. The van der Waals surface area contributed by atoms with Gasteiger partial charge < -0.3 is 14.6 Å². The number of esters is 1. The van der Waals surface area contributed by atoms with Gasteiger partial charge in [-0.3, -0.25) is 9.59 Å². The molecule has 1 aromatic heterocycles. The van der Waals surface area contributed by atoms with Crippen molar-refractivity contribution in [1.29, 1.82) is 0 Å². The lowest BCUT2D eigenvalue weighted by Gasteiger charge is -2.13. The molecule has 0 fully saturated rings. The topological polar surface area (TPSA) is 81.4 Å². The van der Waals surface area contributed by atoms with Crippen LogP contribution in [0.25, 0.3) is 21.7 Å². The van der Waals surface area contributed by atoms with Crippen molar-refractivity contribution in [3.63, 3.8) is 0 Å². The first-order chi connectivity index (χ1) is 13.6. The van der Waals surface area contributed by atoms with Gasteiger partial charge in [-0.15, -0.1) is 0 Å². The van der Waals surface area contributed by atoms with E-state index in [1.54, 1.807) is 6.07 Å². The number of fused-ring (bicyclic) bond motifs is 2. The molecule has 4 rings (SSSR count). The molecular formula is C22H18N2O4. The van der Waals surface area contributed by atoms with Crippen molar-refractivity contribution in [2.75, 3.05) is 5.32 Å². The molecule has 1 N–H and O–H groups in total. The Morgan fingerprint density at radius 1 is 1.04 bits per heavy atom. The fourth-order valence-corrected chi connectivity index (χ4v) is 3.01. The van der Waals surface area contributed by atoms with E-state index in [-0.39, 0.29) is 6.42 Å². The van der Waals surface area contributed by atoms with Crippen molar-refractivity contribution in [1.82, 2.24) is 5.16 Å². The number of anilines is 1. The van der Waals surface area contributed by atoms with Gasteiger partial charge in [0.25, 0.3) is 5.91 Å². The predicted octanol–water partition coefficient (Wildman–Crippen LogP) is 4.09. The van der Waals surface area contributed by atoms with Gasteiger partial charge in [0.05, 0.1) is 6.42 Å². The second-order valence-corrected chi connectivity index (χ2v) is 6.49. The highest BCUT2D eigenvalue weighted by Gasteiger charge is 2.20. The number of rotatable bonds is 5. The minimum atomic E-state index is -0.933. The van der Waals surface area contributed by atoms with E-state index in [4.69, 9.17) is 9.26 Å². The van der Waals surface area contributed by atoms with E-state index in [0.29, 0.717) is 17.0 Å². The number of aromatic nitrogens is 1. The van der Waals surface area contributed by atoms with E-state index >= 15 is 0 Å². The molecule has 0 radical (unpaired) electrons. The summed E-state index contributed by atoms with van der Waals surface area (Å²) in [7, 11) is 0. The van der Waals surface area contributed by atoms with E-state index in [2.05, 4.69) is 10.5 Å². The van der Waals surface area contributed by atoms with Crippen LogP contribution >= 0.6 is 0 Å². The van der Waals surface area contributed by atoms with Crippen molar-refractivity contribution < 1.29 is 18.8 Å². The molecule has 1 heterocycles. The number of carbonyl (C=O) groups excluding carboxylic acids is 2. The van der Waals surface area contributed by atoms with Gasteiger partial charge in [-0.2, -0.15) is 0 Å². The average molecular weight is 374 g/mol. The van der Waals surface area contributed by atoms with E-state index in [0.717, 1.165) is 16.2 Å². The van der Waals surface area contributed by atoms with Gasteiger partial charge in [0.15, 0.2) is 11.7 Å². The highest BCUT2D eigenvalue weighted by Crippen LogP contribution is 2.20. The first-order valence-corrected chi connectivity index (χ1v) is 8.92. The molecule has 1 atom stereocenters. The van der Waals surface area contributed by atoms with Gasteiger partial charge in [-0.25, -0.2) is 0 Å². The molecule has 0 saturated heterocycles. The molecule has 0 saturated carbocycles. The van der Waals surface area contributed by atoms with E-state index in [9.17, 15) is 9.59 Å². The summed E-state index contributed by atoms with van der Waals surface area (Å²) >= 11 is 0. The van der Waals surface area contributed by atoms with Crippen LogP contribution in [0.2, 0.25) is 0 Å². The van der Waals surface area contributed by atoms with Crippen molar-refractivity contribution >= 4 is 39.3 Å². The number of nitrogens with zero attached hydrogens (tertiary/aromatic N) is 1. The summed E-state index contributed by atoms with van der Waals surface area (Å²) in [5.74, 6) is -0.936. The molecule has 1 amide bonds. The minimum absolute atomic E-state index is 0.0649. The summed E-state index contributed by atoms with van der Waals surface area (Å²) in [5.41, 5.74) is 1.74. The molecule has 6 heteroatoms. The quantitative estimate of drug-likeness (QED) is 0.532. The lowest BCUT2D eigenvalue weighted by molar-refractivity contribution is -0.152. The molecule has 0 aliphatic carbocycles. The SMILES string of the molecule is C[C@@H](OC(=O)Cc1noc2ccccc12)C(=O)Nc1ccc2ccccc2c1. The Bertz CT molecular complexity index is 1170. The summed E-state index contributed by atoms with van der Waals surface area (Å²) < 4.78 is 10.4. The number of amides is 1. The second-order valence-electron chi connectivity index (χ2n) is 6.49. The van der Waals surface area contributed by atoms with Gasteiger partial charge >= 0.3 is 5.97 Å². The van der Waals surface area contributed by atoms with Gasteiger partial charge in [-0.05, 0) is 42.0 Å². The Kier molecular flexibility index (Phi) is 4.76. The van der Waals surface area contributed by atoms with Crippen LogP contribution in [0.1, 0.15) is 12.6 Å². The number of hydrogen-bond acceptors (Lipinski definition) is 5.